The van der Waals surface area contributed by atoms with Gasteiger partial charge >= 0.3 is 243 Å². The summed E-state index contributed by atoms with van der Waals surface area (Å²) in [5, 5.41) is 5.11. The Morgan fingerprint density at radius 1 is 0.579 bits per heavy atom. The van der Waals surface area contributed by atoms with Crippen LogP contribution in [0.1, 0.15) is 29.6 Å². The molecule has 0 aromatic heterocycles. The fraction of sp³-hybridized carbons (Fsp3) is 0.176. The van der Waals surface area contributed by atoms with Gasteiger partial charge in [0.2, 0.25) is 0 Å². The van der Waals surface area contributed by atoms with Gasteiger partial charge in [-0.05, 0) is 0 Å². The van der Waals surface area contributed by atoms with Crippen molar-refractivity contribution < 1.29 is 20.0 Å². The third-order valence-corrected chi connectivity index (χ3v) is 30.9. The Morgan fingerprint density at radius 3 is 1.37 bits per heavy atom. The number of hydrogen-bond acceptors (Lipinski definition) is 0. The number of fused-ring (bicyclic) bond motifs is 6. The molecule has 4 aromatic carbocycles. The molecule has 0 saturated carbocycles. The van der Waals surface area contributed by atoms with Crippen LogP contribution in [-0.2, 0) is 20.0 Å². The first-order valence-electron chi connectivity index (χ1n) is 13.4. The van der Waals surface area contributed by atoms with Gasteiger partial charge in [0.1, 0.15) is 0 Å². The van der Waals surface area contributed by atoms with E-state index < -0.39 is 28.0 Å². The quantitative estimate of drug-likeness (QED) is 0.181. The number of benzene rings is 4. The number of hydrogen-bond donors (Lipinski definition) is 0. The molecular weight excluding hydrogens is 686 g/mol. The van der Waals surface area contributed by atoms with E-state index in [9.17, 15) is 0 Å². The molecule has 38 heavy (non-hydrogen) atoms. The van der Waals surface area contributed by atoms with E-state index in [0.717, 1.165) is 10.0 Å². The molecule has 1 heterocycles. The molecule has 0 N–H and O–H groups in total. The Hall–Kier alpha value is -1.97. The van der Waals surface area contributed by atoms with E-state index in [1.54, 1.807) is 21.5 Å². The molecule has 0 spiro atoms. The Bertz CT molecular complexity index is 1550. The summed E-state index contributed by atoms with van der Waals surface area (Å²) in [6.07, 6.45) is 5.25. The molecule has 2 atom stereocenters. The normalized spacial score (nSPS) is 21.6. The van der Waals surface area contributed by atoms with E-state index in [1.807, 2.05) is 24.3 Å². The summed E-state index contributed by atoms with van der Waals surface area (Å²) in [5.41, 5.74) is 11.3. The second-order valence-corrected chi connectivity index (χ2v) is 34.7. The Morgan fingerprint density at radius 2 is 0.974 bits per heavy atom. The average molecular weight is 716 g/mol. The first-order valence-corrected chi connectivity index (χ1v) is 28.5. The molecule has 1 fully saturated rings. The predicted molar refractivity (Wildman–Crippen MR) is 164 cm³/mol. The van der Waals surface area contributed by atoms with Gasteiger partial charge in [-0.2, -0.15) is 0 Å². The molecule has 1 aliphatic heterocycles. The Labute approximate surface area is 241 Å². The van der Waals surface area contributed by atoms with Crippen molar-refractivity contribution in [1.29, 1.82) is 0 Å². The molecule has 0 radical (unpaired) electrons. The fourth-order valence-electron chi connectivity index (χ4n) is 7.59. The number of allylic oxidation sites excluding steroid dienone is 2. The fourth-order valence-corrected chi connectivity index (χ4v) is 39.9. The zero-order chi connectivity index (χ0) is 26.4. The summed E-state index contributed by atoms with van der Waals surface area (Å²) in [7, 11) is -1.87. The van der Waals surface area contributed by atoms with Gasteiger partial charge in [-0.15, -0.1) is 0 Å². The molecule has 3 aliphatic rings. The van der Waals surface area contributed by atoms with Crippen LogP contribution in [0.5, 0.6) is 0 Å². The van der Waals surface area contributed by atoms with E-state index in [0.29, 0.717) is 7.35 Å². The van der Waals surface area contributed by atoms with Crippen molar-refractivity contribution in [2.45, 2.75) is 29.8 Å². The molecule has 0 bridgehead atoms. The summed E-state index contributed by atoms with van der Waals surface area (Å²) in [4.78, 5) is 0. The van der Waals surface area contributed by atoms with E-state index in [1.165, 1.54) is 33.4 Å². The van der Waals surface area contributed by atoms with Gasteiger partial charge in [-0.25, -0.2) is 0 Å². The van der Waals surface area contributed by atoms with Crippen molar-refractivity contribution in [2.24, 2.45) is 0 Å². The minimum atomic E-state index is -2.99. The Kier molecular flexibility index (Phi) is 5.77. The zero-order valence-corrected chi connectivity index (χ0v) is 28.3. The summed E-state index contributed by atoms with van der Waals surface area (Å²) >= 11 is 9.48. The van der Waals surface area contributed by atoms with Crippen LogP contribution in [0, 0.1) is 0 Å². The second-order valence-electron chi connectivity index (χ2n) is 12.1. The SMILES string of the molecule is C[Si]1(C)C2=Cc3c(-c4ccc(Cl)cc4)cccc3[CH]2[Hf]([CH3])([CH3])[CH]2C1=Cc1c(-c3ccc(Cl)cc3)cccc12. The molecule has 7 rings (SSSR count). The molecule has 188 valence electrons. The maximum atomic E-state index is 6.23. The van der Waals surface area contributed by atoms with Crippen LogP contribution in [0.2, 0.25) is 32.5 Å². The zero-order valence-electron chi connectivity index (χ0n) is 22.1. The standard InChI is InChI=1S/C32H24Cl2Si.2CH3.Hf/c1-35(2,27-17-23-5-3-7-29(31(23)19-27)21-9-13-25(33)14-10-21)28-18-24-6-4-8-30(32(24)20-28)22-11-15-26(34)16-12-22;;;/h3-20H,1-2H3;2*1H3;. The molecule has 1 saturated heterocycles. The molecule has 4 heteroatoms. The minimum absolute atomic E-state index is 0.638. The third-order valence-electron chi connectivity index (χ3n) is 9.37. The van der Waals surface area contributed by atoms with E-state index in [2.05, 4.69) is 95.3 Å². The van der Waals surface area contributed by atoms with Gasteiger partial charge in [-0.1, -0.05) is 0 Å². The topological polar surface area (TPSA) is 0 Å². The van der Waals surface area contributed by atoms with Crippen LogP contribution in [0.3, 0.4) is 0 Å². The Balaban J connectivity index is 1.42. The van der Waals surface area contributed by atoms with Crippen LogP contribution in [0.4, 0.5) is 0 Å². The summed E-state index contributed by atoms with van der Waals surface area (Å²) < 4.78 is 6.72. The first kappa shape index (κ1) is 25.0. The summed E-state index contributed by atoms with van der Waals surface area (Å²) in [5.74, 6) is 0. The van der Waals surface area contributed by atoms with Crippen LogP contribution < -0.4 is 0 Å². The van der Waals surface area contributed by atoms with Crippen molar-refractivity contribution >= 4 is 43.4 Å². The average Bonchev–Trinajstić information content (AvgIpc) is 3.51. The molecule has 2 unspecified atom stereocenters. The van der Waals surface area contributed by atoms with Gasteiger partial charge in [-0.3, -0.25) is 0 Å². The third kappa shape index (κ3) is 3.57. The van der Waals surface area contributed by atoms with Crippen molar-refractivity contribution in [2.75, 3.05) is 0 Å². The maximum absolute atomic E-state index is 6.23. The second kappa shape index (κ2) is 8.76. The van der Waals surface area contributed by atoms with Gasteiger partial charge in [0.15, 0.2) is 0 Å². The van der Waals surface area contributed by atoms with Gasteiger partial charge in [0.05, 0.1) is 0 Å². The molecule has 0 amide bonds. The molecule has 0 nitrogen and oxygen atoms in total. The van der Waals surface area contributed by atoms with Crippen molar-refractivity contribution in [3.63, 3.8) is 0 Å². The molecular formula is C34H30Cl2HfSi. The first-order chi connectivity index (χ1) is 18.2. The summed E-state index contributed by atoms with van der Waals surface area (Å²) in [6.45, 7) is 5.21. The predicted octanol–water partition coefficient (Wildman–Crippen LogP) is 11.0. The van der Waals surface area contributed by atoms with E-state index in [-0.39, 0.29) is 0 Å². The van der Waals surface area contributed by atoms with Crippen molar-refractivity contribution in [3.8, 4) is 22.3 Å². The van der Waals surface area contributed by atoms with Gasteiger partial charge < -0.3 is 0 Å². The van der Waals surface area contributed by atoms with Crippen LogP contribution in [0.15, 0.2) is 95.3 Å². The van der Waals surface area contributed by atoms with E-state index >= 15 is 0 Å². The van der Waals surface area contributed by atoms with Crippen molar-refractivity contribution in [1.82, 2.24) is 0 Å². The van der Waals surface area contributed by atoms with Crippen LogP contribution in [0.25, 0.3) is 34.4 Å². The van der Waals surface area contributed by atoms with Crippen LogP contribution in [-0.4, -0.2) is 8.07 Å². The van der Waals surface area contributed by atoms with Crippen LogP contribution >= 0.6 is 23.2 Å². The van der Waals surface area contributed by atoms with Crippen molar-refractivity contribution in [3.05, 3.63) is 128 Å². The van der Waals surface area contributed by atoms with Gasteiger partial charge in [0.25, 0.3) is 0 Å². The van der Waals surface area contributed by atoms with E-state index in [4.69, 9.17) is 23.2 Å². The summed E-state index contributed by atoms with van der Waals surface area (Å²) in [6, 6.07) is 30.7. The number of halogens is 2. The monoisotopic (exact) mass is 716 g/mol. The number of rotatable bonds is 2. The molecule has 4 aromatic rings. The van der Waals surface area contributed by atoms with Gasteiger partial charge in [0, 0.05) is 0 Å². The molecule has 2 aliphatic carbocycles.